The van der Waals surface area contributed by atoms with E-state index in [2.05, 4.69) is 34.3 Å². The molecule has 0 aromatic carbocycles. The predicted molar refractivity (Wildman–Crippen MR) is 43.4 cm³/mol. The maximum Gasteiger partial charge on any atom is -0.0211 e. The maximum absolute atomic E-state index is 3.99. The molecular formula is C9H18. The largest absolute Gasteiger partial charge is 0.0996 e. The van der Waals surface area contributed by atoms with Gasteiger partial charge in [0.25, 0.3) is 0 Å². The van der Waals surface area contributed by atoms with Crippen molar-refractivity contribution in [2.75, 3.05) is 0 Å². The molecule has 0 aliphatic rings. The van der Waals surface area contributed by atoms with Crippen LogP contribution in [0.2, 0.25) is 0 Å². The van der Waals surface area contributed by atoms with E-state index in [0.29, 0.717) is 5.92 Å². The highest BCUT2D eigenvalue weighted by Gasteiger charge is 2.07. The number of allylic oxidation sites excluding steroid dienone is 1. The Labute approximate surface area is 59.0 Å². The summed E-state index contributed by atoms with van der Waals surface area (Å²) < 4.78 is 0. The Kier molecular flexibility index (Phi) is 3.60. The molecule has 0 aliphatic heterocycles. The minimum absolute atomic E-state index is 0.690. The van der Waals surface area contributed by atoms with E-state index in [4.69, 9.17) is 0 Å². The van der Waals surface area contributed by atoms with Crippen LogP contribution in [-0.2, 0) is 0 Å². The first-order chi connectivity index (χ1) is 4.09. The van der Waals surface area contributed by atoms with Gasteiger partial charge in [0.15, 0.2) is 0 Å². The molecule has 0 saturated carbocycles. The van der Waals surface area contributed by atoms with Crippen LogP contribution in [0.1, 0.15) is 34.1 Å². The van der Waals surface area contributed by atoms with Gasteiger partial charge in [-0.2, -0.15) is 0 Å². The average Bonchev–Trinajstić information content (AvgIpc) is 1.84. The Morgan fingerprint density at radius 1 is 1.33 bits per heavy atom. The lowest BCUT2D eigenvalue weighted by Crippen LogP contribution is -2.05. The molecule has 0 aromatic heterocycles. The van der Waals surface area contributed by atoms with Crippen LogP contribution < -0.4 is 0 Å². The van der Waals surface area contributed by atoms with Crippen LogP contribution in [0.3, 0.4) is 0 Å². The van der Waals surface area contributed by atoms with Gasteiger partial charge in [-0.25, -0.2) is 0 Å². The molecule has 0 radical (unpaired) electrons. The summed E-state index contributed by atoms with van der Waals surface area (Å²) in [7, 11) is 0. The Bertz CT molecular complexity index is 90.2. The third-order valence-electron chi connectivity index (χ3n) is 2.10. The fraction of sp³-hybridized carbons (Fsp3) is 0.778. The first kappa shape index (κ1) is 8.74. The SMILES string of the molecule is C=C(CC)C(C)C(C)C. The van der Waals surface area contributed by atoms with Crippen LogP contribution in [0.25, 0.3) is 0 Å². The van der Waals surface area contributed by atoms with Crippen molar-refractivity contribution in [2.24, 2.45) is 11.8 Å². The van der Waals surface area contributed by atoms with E-state index >= 15 is 0 Å². The van der Waals surface area contributed by atoms with Crippen molar-refractivity contribution in [3.8, 4) is 0 Å². The number of hydrogen-bond donors (Lipinski definition) is 0. The fourth-order valence-corrected chi connectivity index (χ4v) is 0.793. The van der Waals surface area contributed by atoms with Gasteiger partial charge in [-0.05, 0) is 18.3 Å². The fourth-order valence-electron chi connectivity index (χ4n) is 0.793. The zero-order valence-corrected chi connectivity index (χ0v) is 7.07. The molecule has 0 saturated heterocycles. The van der Waals surface area contributed by atoms with Crippen molar-refractivity contribution >= 4 is 0 Å². The van der Waals surface area contributed by atoms with Gasteiger partial charge in [-0.1, -0.05) is 39.8 Å². The van der Waals surface area contributed by atoms with Gasteiger partial charge < -0.3 is 0 Å². The number of rotatable bonds is 3. The quantitative estimate of drug-likeness (QED) is 0.509. The highest BCUT2D eigenvalue weighted by molar-refractivity contribution is 4.98. The molecule has 0 nitrogen and oxygen atoms in total. The summed E-state index contributed by atoms with van der Waals surface area (Å²) in [6.45, 7) is 12.9. The van der Waals surface area contributed by atoms with E-state index in [-0.39, 0.29) is 0 Å². The van der Waals surface area contributed by atoms with Gasteiger partial charge in [-0.3, -0.25) is 0 Å². The van der Waals surface area contributed by atoms with Crippen LogP contribution >= 0.6 is 0 Å². The Hall–Kier alpha value is -0.260. The van der Waals surface area contributed by atoms with Crippen molar-refractivity contribution in [3.05, 3.63) is 12.2 Å². The lowest BCUT2D eigenvalue weighted by molar-refractivity contribution is 0.472. The molecule has 0 heteroatoms. The molecule has 0 N–H and O–H groups in total. The van der Waals surface area contributed by atoms with E-state index in [1.807, 2.05) is 0 Å². The summed E-state index contributed by atoms with van der Waals surface area (Å²) in [6, 6.07) is 0. The lowest BCUT2D eigenvalue weighted by atomic mass is 9.90. The average molecular weight is 126 g/mol. The highest BCUT2D eigenvalue weighted by atomic mass is 14.1. The van der Waals surface area contributed by atoms with E-state index in [1.165, 1.54) is 5.57 Å². The second-order valence-electron chi connectivity index (χ2n) is 3.04. The maximum atomic E-state index is 3.99. The Morgan fingerprint density at radius 3 is 1.89 bits per heavy atom. The van der Waals surface area contributed by atoms with Gasteiger partial charge in [-0.15, -0.1) is 0 Å². The molecule has 0 spiro atoms. The summed E-state index contributed by atoms with van der Waals surface area (Å²) in [6.07, 6.45) is 1.12. The summed E-state index contributed by atoms with van der Waals surface area (Å²) in [5.74, 6) is 1.44. The van der Waals surface area contributed by atoms with Crippen LogP contribution in [0.15, 0.2) is 12.2 Å². The third-order valence-corrected chi connectivity index (χ3v) is 2.10. The second-order valence-corrected chi connectivity index (χ2v) is 3.04. The first-order valence-electron chi connectivity index (χ1n) is 3.77. The van der Waals surface area contributed by atoms with Crippen LogP contribution in [0.4, 0.5) is 0 Å². The summed E-state index contributed by atoms with van der Waals surface area (Å²) in [5, 5.41) is 0. The molecule has 0 heterocycles. The predicted octanol–water partition coefficient (Wildman–Crippen LogP) is 3.24. The third kappa shape index (κ3) is 2.69. The first-order valence-corrected chi connectivity index (χ1v) is 3.77. The zero-order valence-electron chi connectivity index (χ0n) is 7.07. The highest BCUT2D eigenvalue weighted by Crippen LogP contribution is 2.19. The molecule has 9 heavy (non-hydrogen) atoms. The van der Waals surface area contributed by atoms with Crippen LogP contribution in [-0.4, -0.2) is 0 Å². The lowest BCUT2D eigenvalue weighted by Gasteiger charge is -2.16. The minimum Gasteiger partial charge on any atom is -0.0996 e. The monoisotopic (exact) mass is 126 g/mol. The van der Waals surface area contributed by atoms with Crippen molar-refractivity contribution in [2.45, 2.75) is 34.1 Å². The van der Waals surface area contributed by atoms with Crippen molar-refractivity contribution in [3.63, 3.8) is 0 Å². The molecule has 1 unspecified atom stereocenters. The molecule has 1 atom stereocenters. The Balaban J connectivity index is 3.72. The molecule has 0 aliphatic carbocycles. The van der Waals surface area contributed by atoms with E-state index in [1.54, 1.807) is 0 Å². The van der Waals surface area contributed by atoms with Crippen LogP contribution in [0.5, 0.6) is 0 Å². The Morgan fingerprint density at radius 2 is 1.78 bits per heavy atom. The standard InChI is InChI=1S/C9H18/c1-6-8(4)9(5)7(2)3/h7,9H,4,6H2,1-3,5H3. The number of hydrogen-bond acceptors (Lipinski definition) is 0. The van der Waals surface area contributed by atoms with Crippen molar-refractivity contribution in [1.29, 1.82) is 0 Å². The van der Waals surface area contributed by atoms with E-state index < -0.39 is 0 Å². The summed E-state index contributed by atoms with van der Waals surface area (Å²) in [4.78, 5) is 0. The van der Waals surface area contributed by atoms with Gasteiger partial charge in [0.1, 0.15) is 0 Å². The molecular weight excluding hydrogens is 108 g/mol. The van der Waals surface area contributed by atoms with Gasteiger partial charge in [0.05, 0.1) is 0 Å². The zero-order chi connectivity index (χ0) is 7.44. The van der Waals surface area contributed by atoms with Crippen molar-refractivity contribution < 1.29 is 0 Å². The molecule has 54 valence electrons. The van der Waals surface area contributed by atoms with Gasteiger partial charge in [0, 0.05) is 0 Å². The molecule has 0 amide bonds. The summed E-state index contributed by atoms with van der Waals surface area (Å²) in [5.41, 5.74) is 1.38. The topological polar surface area (TPSA) is 0 Å². The molecule has 0 rings (SSSR count). The smallest absolute Gasteiger partial charge is 0.0211 e. The van der Waals surface area contributed by atoms with Crippen molar-refractivity contribution in [1.82, 2.24) is 0 Å². The van der Waals surface area contributed by atoms with E-state index in [0.717, 1.165) is 12.3 Å². The van der Waals surface area contributed by atoms with Gasteiger partial charge in [0.2, 0.25) is 0 Å². The van der Waals surface area contributed by atoms with Crippen LogP contribution in [0, 0.1) is 11.8 Å². The molecule has 0 bridgehead atoms. The second kappa shape index (κ2) is 3.71. The molecule has 0 aromatic rings. The normalized spacial score (nSPS) is 13.9. The van der Waals surface area contributed by atoms with Gasteiger partial charge >= 0.3 is 0 Å². The van der Waals surface area contributed by atoms with E-state index in [9.17, 15) is 0 Å². The summed E-state index contributed by atoms with van der Waals surface area (Å²) >= 11 is 0. The molecule has 0 fully saturated rings. The minimum atomic E-state index is 0.690.